The zero-order valence-electron chi connectivity index (χ0n) is 11.5. The van der Waals surface area contributed by atoms with Gasteiger partial charge in [0.1, 0.15) is 4.47 Å². The molecule has 0 saturated carbocycles. The Morgan fingerprint density at radius 3 is 2.74 bits per heavy atom. The Bertz CT molecular complexity index is 446. The monoisotopic (exact) mass is 333 g/mol. The molecule has 6 nitrogen and oxygen atoms in total. The molecule has 0 aliphatic rings. The number of hydrogen-bond acceptors (Lipinski definition) is 5. The van der Waals surface area contributed by atoms with E-state index in [2.05, 4.69) is 33.3 Å². The zero-order valence-corrected chi connectivity index (χ0v) is 13.1. The first kappa shape index (κ1) is 16.1. The molecule has 0 bridgehead atoms. The highest BCUT2D eigenvalue weighted by Crippen LogP contribution is 2.16. The summed E-state index contributed by atoms with van der Waals surface area (Å²) in [6.45, 7) is 3.14. The van der Waals surface area contributed by atoms with Crippen molar-refractivity contribution in [3.63, 3.8) is 0 Å². The standard InChI is InChI=1S/C12H20BrN3O3/c1-4-5-6-16-12(17)11(13)9(7-15-16)14-8-10(18-2)19-3/h7,10,14H,4-6,8H2,1-3H3. The lowest BCUT2D eigenvalue weighted by Crippen LogP contribution is -2.27. The van der Waals surface area contributed by atoms with Crippen molar-refractivity contribution in [2.24, 2.45) is 0 Å². The molecule has 0 amide bonds. The minimum atomic E-state index is -0.366. The van der Waals surface area contributed by atoms with Crippen LogP contribution in [0.4, 0.5) is 5.69 Å². The highest BCUT2D eigenvalue weighted by atomic mass is 79.9. The van der Waals surface area contributed by atoms with Gasteiger partial charge in [0.2, 0.25) is 0 Å². The van der Waals surface area contributed by atoms with Crippen molar-refractivity contribution >= 4 is 21.6 Å². The highest BCUT2D eigenvalue weighted by Gasteiger charge is 2.10. The fraction of sp³-hybridized carbons (Fsp3) is 0.667. The van der Waals surface area contributed by atoms with Crippen LogP contribution in [0.3, 0.4) is 0 Å². The number of aromatic nitrogens is 2. The van der Waals surface area contributed by atoms with Crippen molar-refractivity contribution in [2.45, 2.75) is 32.6 Å². The minimum absolute atomic E-state index is 0.134. The van der Waals surface area contributed by atoms with Crippen molar-refractivity contribution in [1.82, 2.24) is 9.78 Å². The number of ether oxygens (including phenoxy) is 2. The molecule has 0 unspecified atom stereocenters. The molecule has 0 aliphatic carbocycles. The van der Waals surface area contributed by atoms with Crippen LogP contribution in [0, 0.1) is 0 Å². The summed E-state index contributed by atoms with van der Waals surface area (Å²) < 4.78 is 12.1. The number of nitrogens with zero attached hydrogens (tertiary/aromatic N) is 2. The molecular weight excluding hydrogens is 314 g/mol. The quantitative estimate of drug-likeness (QED) is 0.735. The second-order valence-corrected chi connectivity index (χ2v) is 4.83. The van der Waals surface area contributed by atoms with E-state index < -0.39 is 0 Å². The molecule has 0 radical (unpaired) electrons. The number of anilines is 1. The average Bonchev–Trinajstić information content (AvgIpc) is 2.43. The van der Waals surface area contributed by atoms with Gasteiger partial charge in [-0.2, -0.15) is 5.10 Å². The van der Waals surface area contributed by atoms with Gasteiger partial charge < -0.3 is 14.8 Å². The molecule has 0 aromatic carbocycles. The van der Waals surface area contributed by atoms with Crippen LogP contribution in [0.5, 0.6) is 0 Å². The summed E-state index contributed by atoms with van der Waals surface area (Å²) in [4.78, 5) is 12.0. The third-order valence-electron chi connectivity index (χ3n) is 2.69. The van der Waals surface area contributed by atoms with Gasteiger partial charge in [-0.3, -0.25) is 4.79 Å². The van der Waals surface area contributed by atoms with Crippen molar-refractivity contribution in [2.75, 3.05) is 26.1 Å². The molecule has 1 aromatic heterocycles. The Hall–Kier alpha value is -0.920. The van der Waals surface area contributed by atoms with E-state index in [1.807, 2.05) is 0 Å². The Labute approximate surface area is 121 Å². The smallest absolute Gasteiger partial charge is 0.283 e. The maximum absolute atomic E-state index is 12.0. The first-order chi connectivity index (χ1) is 9.13. The third kappa shape index (κ3) is 4.59. The van der Waals surface area contributed by atoms with E-state index in [4.69, 9.17) is 9.47 Å². The fourth-order valence-electron chi connectivity index (χ4n) is 1.51. The molecule has 0 spiro atoms. The molecule has 0 aliphatic heterocycles. The Morgan fingerprint density at radius 1 is 1.47 bits per heavy atom. The Balaban J connectivity index is 2.76. The molecule has 1 rings (SSSR count). The minimum Gasteiger partial charge on any atom is -0.378 e. The van der Waals surface area contributed by atoms with Crippen LogP contribution in [-0.4, -0.2) is 36.8 Å². The van der Waals surface area contributed by atoms with Crippen LogP contribution >= 0.6 is 15.9 Å². The molecule has 0 atom stereocenters. The van der Waals surface area contributed by atoms with Gasteiger partial charge in [-0.05, 0) is 22.4 Å². The molecule has 108 valence electrons. The summed E-state index contributed by atoms with van der Waals surface area (Å²) in [5.41, 5.74) is 0.502. The van der Waals surface area contributed by atoms with Gasteiger partial charge in [-0.15, -0.1) is 0 Å². The third-order valence-corrected chi connectivity index (χ3v) is 3.46. The lowest BCUT2D eigenvalue weighted by Gasteiger charge is -2.15. The summed E-state index contributed by atoms with van der Waals surface area (Å²) in [7, 11) is 3.12. The average molecular weight is 334 g/mol. The number of nitrogens with one attached hydrogen (secondary N) is 1. The lowest BCUT2D eigenvalue weighted by atomic mass is 10.3. The summed E-state index contributed by atoms with van der Waals surface area (Å²) in [5.74, 6) is 0. The van der Waals surface area contributed by atoms with E-state index in [1.165, 1.54) is 4.68 Å². The van der Waals surface area contributed by atoms with E-state index >= 15 is 0 Å². The van der Waals surface area contributed by atoms with Gasteiger partial charge in [-0.25, -0.2) is 4.68 Å². The summed E-state index contributed by atoms with van der Waals surface area (Å²) >= 11 is 3.30. The molecule has 1 heterocycles. The number of hydrogen-bond donors (Lipinski definition) is 1. The van der Waals surface area contributed by atoms with Crippen LogP contribution in [-0.2, 0) is 16.0 Å². The van der Waals surface area contributed by atoms with Crippen LogP contribution in [0.2, 0.25) is 0 Å². The maximum atomic E-state index is 12.0. The molecule has 1 N–H and O–H groups in total. The predicted octanol–water partition coefficient (Wildman–Crippen LogP) is 1.84. The molecule has 1 aromatic rings. The highest BCUT2D eigenvalue weighted by molar-refractivity contribution is 9.10. The predicted molar refractivity (Wildman–Crippen MR) is 77.4 cm³/mol. The number of methoxy groups -OCH3 is 2. The SMILES string of the molecule is CCCCn1ncc(NCC(OC)OC)c(Br)c1=O. The molecule has 19 heavy (non-hydrogen) atoms. The summed E-state index contributed by atoms with van der Waals surface area (Å²) in [6.07, 6.45) is 3.22. The largest absolute Gasteiger partial charge is 0.378 e. The van der Waals surface area contributed by atoms with Crippen molar-refractivity contribution in [3.8, 4) is 0 Å². The van der Waals surface area contributed by atoms with E-state index in [-0.39, 0.29) is 11.8 Å². The second-order valence-electron chi connectivity index (χ2n) is 4.04. The van der Waals surface area contributed by atoms with E-state index in [0.29, 0.717) is 23.2 Å². The van der Waals surface area contributed by atoms with Gasteiger partial charge in [0.25, 0.3) is 5.56 Å². The topological polar surface area (TPSA) is 65.4 Å². The first-order valence-electron chi connectivity index (χ1n) is 6.19. The van der Waals surface area contributed by atoms with Crippen LogP contribution in [0.15, 0.2) is 15.5 Å². The van der Waals surface area contributed by atoms with Crippen molar-refractivity contribution < 1.29 is 9.47 Å². The summed E-state index contributed by atoms with van der Waals surface area (Å²) in [5, 5.41) is 7.20. The Kier molecular flexibility index (Phi) is 7.04. The van der Waals surface area contributed by atoms with Crippen molar-refractivity contribution in [3.05, 3.63) is 21.0 Å². The van der Waals surface area contributed by atoms with Crippen LogP contribution in [0.1, 0.15) is 19.8 Å². The molecule has 0 saturated heterocycles. The first-order valence-corrected chi connectivity index (χ1v) is 6.98. The molecule has 7 heteroatoms. The Morgan fingerprint density at radius 2 is 2.16 bits per heavy atom. The normalized spacial score (nSPS) is 11.0. The summed E-state index contributed by atoms with van der Waals surface area (Å²) in [6, 6.07) is 0. The maximum Gasteiger partial charge on any atom is 0.283 e. The van der Waals surface area contributed by atoms with Gasteiger partial charge in [0.05, 0.1) is 18.4 Å². The number of halogens is 1. The second kappa shape index (κ2) is 8.29. The zero-order chi connectivity index (χ0) is 14.3. The number of aryl methyl sites for hydroxylation is 1. The number of unbranched alkanes of at least 4 members (excludes halogenated alkanes) is 1. The molecular formula is C12H20BrN3O3. The fourth-order valence-corrected chi connectivity index (χ4v) is 1.96. The van der Waals surface area contributed by atoms with E-state index in [0.717, 1.165) is 12.8 Å². The van der Waals surface area contributed by atoms with Gasteiger partial charge in [-0.1, -0.05) is 13.3 Å². The van der Waals surface area contributed by atoms with E-state index in [9.17, 15) is 4.79 Å². The van der Waals surface area contributed by atoms with Crippen molar-refractivity contribution in [1.29, 1.82) is 0 Å². The number of rotatable bonds is 8. The van der Waals surface area contributed by atoms with E-state index in [1.54, 1.807) is 20.4 Å². The van der Waals surface area contributed by atoms with Gasteiger partial charge >= 0.3 is 0 Å². The van der Waals surface area contributed by atoms with Crippen LogP contribution in [0.25, 0.3) is 0 Å². The lowest BCUT2D eigenvalue weighted by molar-refractivity contribution is -0.0914. The molecule has 0 fully saturated rings. The van der Waals surface area contributed by atoms with Gasteiger partial charge in [0, 0.05) is 20.8 Å². The van der Waals surface area contributed by atoms with Gasteiger partial charge in [0.15, 0.2) is 6.29 Å². The van der Waals surface area contributed by atoms with Crippen LogP contribution < -0.4 is 10.9 Å².